The van der Waals surface area contributed by atoms with Crippen LogP contribution in [0.1, 0.15) is 39.2 Å². The molecule has 25 heavy (non-hydrogen) atoms. The molecule has 1 aromatic rings. The summed E-state index contributed by atoms with van der Waals surface area (Å²) in [7, 11) is 2.15. The molecule has 0 aliphatic rings. The first-order valence-electron chi connectivity index (χ1n) is 9.51. The average Bonchev–Trinajstić information content (AvgIpc) is 2.63. The molecule has 0 heterocycles. The van der Waals surface area contributed by atoms with Gasteiger partial charge in [-0.1, -0.05) is 30.3 Å². The molecule has 0 aliphatic carbocycles. The molecular weight excluding hydrogens is 312 g/mol. The summed E-state index contributed by atoms with van der Waals surface area (Å²) in [6, 6.07) is 10.9. The smallest absolute Gasteiger partial charge is 0.191 e. The van der Waals surface area contributed by atoms with Gasteiger partial charge in [-0.05, 0) is 46.2 Å². The summed E-state index contributed by atoms with van der Waals surface area (Å²) in [5, 5.41) is 6.72. The quantitative estimate of drug-likeness (QED) is 0.346. The van der Waals surface area contributed by atoms with Gasteiger partial charge in [-0.25, -0.2) is 0 Å². The highest BCUT2D eigenvalue weighted by Crippen LogP contribution is 2.06. The highest BCUT2D eigenvalue weighted by Gasteiger charge is 2.09. The second-order valence-corrected chi connectivity index (χ2v) is 6.30. The predicted octanol–water partition coefficient (Wildman–Crippen LogP) is 2.88. The third-order valence-corrected chi connectivity index (χ3v) is 4.10. The first-order valence-corrected chi connectivity index (χ1v) is 9.51. The van der Waals surface area contributed by atoms with E-state index in [-0.39, 0.29) is 0 Å². The van der Waals surface area contributed by atoms with Gasteiger partial charge < -0.3 is 15.4 Å². The lowest BCUT2D eigenvalue weighted by Gasteiger charge is -2.24. The number of hydrogen-bond donors (Lipinski definition) is 2. The lowest BCUT2D eigenvalue weighted by Crippen LogP contribution is -2.39. The molecule has 1 aromatic carbocycles. The van der Waals surface area contributed by atoms with Gasteiger partial charge in [0, 0.05) is 38.9 Å². The maximum atomic E-state index is 5.36. The molecule has 1 rings (SSSR count). The standard InChI is InChI=1S/C20H36N4O/c1-5-21-20(22-14-10-11-15-25-6-2)23-16-18(3)24(4)17-19-12-8-7-9-13-19/h7-9,12-13,18H,5-6,10-11,14-17H2,1-4H3,(H2,21,22,23). The second-order valence-electron chi connectivity index (χ2n) is 6.30. The zero-order valence-electron chi connectivity index (χ0n) is 16.4. The van der Waals surface area contributed by atoms with Crippen molar-refractivity contribution in [3.05, 3.63) is 35.9 Å². The number of ether oxygens (including phenoxy) is 1. The third-order valence-electron chi connectivity index (χ3n) is 4.10. The van der Waals surface area contributed by atoms with Crippen molar-refractivity contribution in [1.82, 2.24) is 15.5 Å². The minimum absolute atomic E-state index is 0.383. The second kappa shape index (κ2) is 13.7. The van der Waals surface area contributed by atoms with Gasteiger partial charge in [-0.3, -0.25) is 9.89 Å². The molecular formula is C20H36N4O. The number of nitrogens with zero attached hydrogens (tertiary/aromatic N) is 2. The average molecular weight is 349 g/mol. The van der Waals surface area contributed by atoms with Crippen LogP contribution < -0.4 is 10.6 Å². The molecule has 0 saturated heterocycles. The van der Waals surface area contributed by atoms with E-state index in [0.29, 0.717) is 6.04 Å². The number of aliphatic imine (C=N–C) groups is 1. The summed E-state index contributed by atoms with van der Waals surface area (Å²) < 4.78 is 5.36. The zero-order valence-corrected chi connectivity index (χ0v) is 16.4. The Hall–Kier alpha value is -1.59. The molecule has 5 nitrogen and oxygen atoms in total. The fourth-order valence-corrected chi connectivity index (χ4v) is 2.41. The van der Waals surface area contributed by atoms with Crippen molar-refractivity contribution < 1.29 is 4.74 Å². The van der Waals surface area contributed by atoms with E-state index in [2.05, 4.69) is 66.8 Å². The lowest BCUT2D eigenvalue weighted by molar-refractivity contribution is 0.143. The van der Waals surface area contributed by atoms with Crippen LogP contribution in [0.4, 0.5) is 0 Å². The normalized spacial score (nSPS) is 13.1. The Kier molecular flexibility index (Phi) is 11.7. The maximum Gasteiger partial charge on any atom is 0.191 e. The molecule has 0 spiro atoms. The van der Waals surface area contributed by atoms with Gasteiger partial charge in [0.2, 0.25) is 0 Å². The largest absolute Gasteiger partial charge is 0.382 e. The van der Waals surface area contributed by atoms with Gasteiger partial charge in [0.1, 0.15) is 0 Å². The summed E-state index contributed by atoms with van der Waals surface area (Å²) in [5.74, 6) is 0.902. The van der Waals surface area contributed by atoms with Gasteiger partial charge in [-0.2, -0.15) is 0 Å². The molecule has 0 radical (unpaired) electrons. The molecule has 5 heteroatoms. The Bertz CT molecular complexity index is 464. The highest BCUT2D eigenvalue weighted by molar-refractivity contribution is 5.79. The number of nitrogens with one attached hydrogen (secondary N) is 2. The van der Waals surface area contributed by atoms with Crippen LogP contribution in [0.25, 0.3) is 0 Å². The minimum atomic E-state index is 0.383. The first-order chi connectivity index (χ1) is 12.2. The summed E-state index contributed by atoms with van der Waals surface area (Å²) in [6.45, 7) is 11.5. The lowest BCUT2D eigenvalue weighted by atomic mass is 10.2. The Morgan fingerprint density at radius 3 is 2.60 bits per heavy atom. The SMILES string of the molecule is CCNC(=NCC(C)N(C)Cc1ccccc1)NCCCCOCC. The molecule has 0 bridgehead atoms. The van der Waals surface area contributed by atoms with E-state index in [1.54, 1.807) is 0 Å². The van der Waals surface area contributed by atoms with Crippen molar-refractivity contribution >= 4 is 5.96 Å². The van der Waals surface area contributed by atoms with Crippen LogP contribution in [0.2, 0.25) is 0 Å². The van der Waals surface area contributed by atoms with E-state index in [0.717, 1.165) is 58.2 Å². The van der Waals surface area contributed by atoms with Gasteiger partial charge in [0.05, 0.1) is 6.54 Å². The van der Waals surface area contributed by atoms with Gasteiger partial charge in [0.15, 0.2) is 5.96 Å². The number of likely N-dealkylation sites (N-methyl/N-ethyl adjacent to an activating group) is 1. The van der Waals surface area contributed by atoms with Crippen LogP contribution in [-0.2, 0) is 11.3 Å². The van der Waals surface area contributed by atoms with Crippen LogP contribution in [0.15, 0.2) is 35.3 Å². The fourth-order valence-electron chi connectivity index (χ4n) is 2.41. The van der Waals surface area contributed by atoms with Crippen molar-refractivity contribution in [3.8, 4) is 0 Å². The molecule has 0 amide bonds. The molecule has 2 N–H and O–H groups in total. The van der Waals surface area contributed by atoms with E-state index < -0.39 is 0 Å². The third kappa shape index (κ3) is 10.1. The summed E-state index contributed by atoms with van der Waals surface area (Å²) in [5.41, 5.74) is 1.33. The highest BCUT2D eigenvalue weighted by atomic mass is 16.5. The summed E-state index contributed by atoms with van der Waals surface area (Å²) in [6.07, 6.45) is 2.17. The van der Waals surface area contributed by atoms with Gasteiger partial charge in [0.25, 0.3) is 0 Å². The van der Waals surface area contributed by atoms with Crippen LogP contribution in [0.5, 0.6) is 0 Å². The van der Waals surface area contributed by atoms with Crippen molar-refractivity contribution in [2.75, 3.05) is 39.9 Å². The molecule has 0 aromatic heterocycles. The van der Waals surface area contributed by atoms with Crippen molar-refractivity contribution in [1.29, 1.82) is 0 Å². The molecule has 142 valence electrons. The monoisotopic (exact) mass is 348 g/mol. The molecule has 1 atom stereocenters. The zero-order chi connectivity index (χ0) is 18.3. The minimum Gasteiger partial charge on any atom is -0.382 e. The molecule has 0 aliphatic heterocycles. The Labute approximate surface area is 153 Å². The Balaban J connectivity index is 2.36. The Morgan fingerprint density at radius 2 is 1.92 bits per heavy atom. The van der Waals surface area contributed by atoms with Crippen LogP contribution in [0.3, 0.4) is 0 Å². The van der Waals surface area contributed by atoms with Crippen molar-refractivity contribution in [2.24, 2.45) is 4.99 Å². The van der Waals surface area contributed by atoms with E-state index >= 15 is 0 Å². The van der Waals surface area contributed by atoms with Gasteiger partial charge in [-0.15, -0.1) is 0 Å². The Morgan fingerprint density at radius 1 is 1.16 bits per heavy atom. The summed E-state index contributed by atoms with van der Waals surface area (Å²) >= 11 is 0. The molecule has 0 fully saturated rings. The molecule has 1 unspecified atom stereocenters. The number of hydrogen-bond acceptors (Lipinski definition) is 3. The van der Waals surface area contributed by atoms with Crippen molar-refractivity contribution in [2.45, 2.75) is 46.2 Å². The number of benzene rings is 1. The molecule has 0 saturated carbocycles. The topological polar surface area (TPSA) is 48.9 Å². The number of guanidine groups is 1. The van der Waals surface area contributed by atoms with Crippen molar-refractivity contribution in [3.63, 3.8) is 0 Å². The fraction of sp³-hybridized carbons (Fsp3) is 0.650. The van der Waals surface area contributed by atoms with E-state index in [9.17, 15) is 0 Å². The van der Waals surface area contributed by atoms with Crippen LogP contribution in [0, 0.1) is 0 Å². The maximum absolute atomic E-state index is 5.36. The van der Waals surface area contributed by atoms with E-state index in [1.165, 1.54) is 5.56 Å². The number of rotatable bonds is 12. The van der Waals surface area contributed by atoms with Crippen LogP contribution >= 0.6 is 0 Å². The first kappa shape index (κ1) is 21.5. The van der Waals surface area contributed by atoms with E-state index in [4.69, 9.17) is 9.73 Å². The van der Waals surface area contributed by atoms with Crippen LogP contribution in [-0.4, -0.2) is 56.8 Å². The van der Waals surface area contributed by atoms with Gasteiger partial charge >= 0.3 is 0 Å². The predicted molar refractivity (Wildman–Crippen MR) is 107 cm³/mol. The van der Waals surface area contributed by atoms with E-state index in [1.807, 2.05) is 6.92 Å². The summed E-state index contributed by atoms with van der Waals surface area (Å²) in [4.78, 5) is 7.07. The number of unbranched alkanes of at least 4 members (excludes halogenated alkanes) is 1.